The van der Waals surface area contributed by atoms with Crippen molar-refractivity contribution in [3.63, 3.8) is 0 Å². The molecule has 2 N–H and O–H groups in total. The minimum absolute atomic E-state index is 0.195. The van der Waals surface area contributed by atoms with Crippen LogP contribution in [0.3, 0.4) is 0 Å². The average Bonchev–Trinajstić information content (AvgIpc) is 1.94. The molecule has 1 aromatic rings. The molecule has 3 nitrogen and oxygen atoms in total. The minimum atomic E-state index is -1.12. The summed E-state index contributed by atoms with van der Waals surface area (Å²) in [4.78, 5) is 0.500. The molecule has 11 heavy (non-hydrogen) atoms. The van der Waals surface area contributed by atoms with Crippen molar-refractivity contribution in [3.8, 4) is 11.5 Å². The first kappa shape index (κ1) is 8.07. The molecule has 0 radical (unpaired) electrons. The highest BCUT2D eigenvalue weighted by atomic mass is 32.2. The van der Waals surface area contributed by atoms with Gasteiger partial charge in [0, 0.05) is 22.0 Å². The van der Waals surface area contributed by atoms with Crippen LogP contribution in [0.2, 0.25) is 0 Å². The fourth-order valence-electron chi connectivity index (χ4n) is 0.682. The van der Waals surface area contributed by atoms with Crippen LogP contribution in [0.25, 0.3) is 0 Å². The number of hydrogen-bond acceptors (Lipinski definition) is 3. The molecule has 0 spiro atoms. The SMILES string of the molecule is CS(=O)c1ccc(O)c(O)c1. The largest absolute Gasteiger partial charge is 0.504 e. The second-order valence-corrected chi connectivity index (χ2v) is 3.48. The zero-order chi connectivity index (χ0) is 8.43. The van der Waals surface area contributed by atoms with Gasteiger partial charge in [0.25, 0.3) is 0 Å². The predicted octanol–water partition coefficient (Wildman–Crippen LogP) is 0.835. The summed E-state index contributed by atoms with van der Waals surface area (Å²) in [6, 6.07) is 4.10. The van der Waals surface area contributed by atoms with Crippen LogP contribution in [0.15, 0.2) is 23.1 Å². The molecule has 0 fully saturated rings. The fraction of sp³-hybridized carbons (Fsp3) is 0.143. The Morgan fingerprint density at radius 1 is 1.27 bits per heavy atom. The second-order valence-electron chi connectivity index (χ2n) is 2.10. The molecule has 60 valence electrons. The maximum Gasteiger partial charge on any atom is 0.158 e. The monoisotopic (exact) mass is 172 g/mol. The van der Waals surface area contributed by atoms with Crippen LogP contribution in [0, 0.1) is 0 Å². The van der Waals surface area contributed by atoms with Crippen LogP contribution in [0.4, 0.5) is 0 Å². The van der Waals surface area contributed by atoms with Crippen molar-refractivity contribution in [3.05, 3.63) is 18.2 Å². The first-order valence-electron chi connectivity index (χ1n) is 2.96. The number of hydrogen-bond donors (Lipinski definition) is 2. The highest BCUT2D eigenvalue weighted by molar-refractivity contribution is 7.84. The number of phenols is 2. The van der Waals surface area contributed by atoms with Gasteiger partial charge >= 0.3 is 0 Å². The first-order chi connectivity index (χ1) is 5.11. The van der Waals surface area contributed by atoms with Gasteiger partial charge in [0.15, 0.2) is 11.5 Å². The molecule has 4 heteroatoms. The van der Waals surface area contributed by atoms with Crippen molar-refractivity contribution >= 4 is 10.8 Å². The summed E-state index contributed by atoms with van der Waals surface area (Å²) in [6.07, 6.45) is 1.51. The lowest BCUT2D eigenvalue weighted by atomic mass is 10.3. The van der Waals surface area contributed by atoms with Crippen molar-refractivity contribution < 1.29 is 14.4 Å². The predicted molar refractivity (Wildman–Crippen MR) is 42.1 cm³/mol. The van der Waals surface area contributed by atoms with Gasteiger partial charge in [0.1, 0.15) is 0 Å². The Hall–Kier alpha value is -1.03. The number of phenolic OH excluding ortho intramolecular Hbond substituents is 2. The van der Waals surface area contributed by atoms with Crippen LogP contribution < -0.4 is 0 Å². The van der Waals surface area contributed by atoms with E-state index in [2.05, 4.69) is 0 Å². The number of rotatable bonds is 1. The molecule has 0 aromatic heterocycles. The molecule has 0 saturated carbocycles. The van der Waals surface area contributed by atoms with Gasteiger partial charge in [-0.25, -0.2) is 0 Å². The van der Waals surface area contributed by atoms with Crippen molar-refractivity contribution in [2.75, 3.05) is 6.26 Å². The Morgan fingerprint density at radius 3 is 2.36 bits per heavy atom. The van der Waals surface area contributed by atoms with Gasteiger partial charge in [-0.15, -0.1) is 0 Å². The minimum Gasteiger partial charge on any atom is -0.504 e. The van der Waals surface area contributed by atoms with E-state index in [9.17, 15) is 4.21 Å². The molecular weight excluding hydrogens is 164 g/mol. The van der Waals surface area contributed by atoms with E-state index in [0.29, 0.717) is 4.90 Å². The average molecular weight is 172 g/mol. The Morgan fingerprint density at radius 2 is 1.91 bits per heavy atom. The summed E-state index contributed by atoms with van der Waals surface area (Å²) in [7, 11) is -1.12. The van der Waals surface area contributed by atoms with E-state index in [1.807, 2.05) is 0 Å². The van der Waals surface area contributed by atoms with E-state index in [0.717, 1.165) is 0 Å². The third-order valence-corrected chi connectivity index (χ3v) is 2.20. The van der Waals surface area contributed by atoms with Gasteiger partial charge < -0.3 is 10.2 Å². The van der Waals surface area contributed by atoms with E-state index >= 15 is 0 Å². The van der Waals surface area contributed by atoms with Crippen LogP contribution in [-0.2, 0) is 10.8 Å². The van der Waals surface area contributed by atoms with Crippen LogP contribution >= 0.6 is 0 Å². The summed E-state index contributed by atoms with van der Waals surface area (Å²) >= 11 is 0. The molecule has 0 bridgehead atoms. The summed E-state index contributed by atoms with van der Waals surface area (Å²) in [5, 5.41) is 17.8. The molecule has 0 aliphatic rings. The van der Waals surface area contributed by atoms with Crippen molar-refractivity contribution in [1.82, 2.24) is 0 Å². The third kappa shape index (κ3) is 1.71. The van der Waals surface area contributed by atoms with Crippen molar-refractivity contribution in [2.24, 2.45) is 0 Å². The quantitative estimate of drug-likeness (QED) is 0.617. The topological polar surface area (TPSA) is 57.5 Å². The van der Waals surface area contributed by atoms with E-state index in [-0.39, 0.29) is 11.5 Å². The third-order valence-electron chi connectivity index (χ3n) is 1.28. The lowest BCUT2D eigenvalue weighted by molar-refractivity contribution is 0.402. The van der Waals surface area contributed by atoms with E-state index in [1.165, 1.54) is 24.5 Å². The number of benzene rings is 1. The normalized spacial score (nSPS) is 12.8. The summed E-state index contributed by atoms with van der Waals surface area (Å²) in [5.74, 6) is -0.433. The van der Waals surface area contributed by atoms with Gasteiger partial charge in [0.05, 0.1) is 0 Å². The maximum atomic E-state index is 10.8. The summed E-state index contributed by atoms with van der Waals surface area (Å²) < 4.78 is 10.8. The highest BCUT2D eigenvalue weighted by Gasteiger charge is 2.01. The van der Waals surface area contributed by atoms with Crippen LogP contribution in [0.5, 0.6) is 11.5 Å². The second kappa shape index (κ2) is 2.92. The Kier molecular flexibility index (Phi) is 2.14. The van der Waals surface area contributed by atoms with Gasteiger partial charge in [-0.05, 0) is 18.2 Å². The summed E-state index contributed by atoms with van der Waals surface area (Å²) in [5.41, 5.74) is 0. The molecular formula is C7H8O3S. The molecule has 0 amide bonds. The van der Waals surface area contributed by atoms with Crippen LogP contribution in [0.1, 0.15) is 0 Å². The van der Waals surface area contributed by atoms with Gasteiger partial charge in [-0.2, -0.15) is 0 Å². The van der Waals surface area contributed by atoms with E-state index < -0.39 is 10.8 Å². The molecule has 1 aromatic carbocycles. The van der Waals surface area contributed by atoms with E-state index in [4.69, 9.17) is 10.2 Å². The zero-order valence-electron chi connectivity index (χ0n) is 5.94. The summed E-state index contributed by atoms with van der Waals surface area (Å²) in [6.45, 7) is 0. The van der Waals surface area contributed by atoms with Gasteiger partial charge in [-0.3, -0.25) is 4.21 Å². The first-order valence-corrected chi connectivity index (χ1v) is 4.52. The van der Waals surface area contributed by atoms with Crippen LogP contribution in [-0.4, -0.2) is 20.7 Å². The van der Waals surface area contributed by atoms with Gasteiger partial charge in [-0.1, -0.05) is 0 Å². The smallest absolute Gasteiger partial charge is 0.158 e. The molecule has 0 saturated heterocycles. The fourth-order valence-corrected chi connectivity index (χ4v) is 1.22. The molecule has 0 aliphatic carbocycles. The van der Waals surface area contributed by atoms with Crippen molar-refractivity contribution in [2.45, 2.75) is 4.90 Å². The lowest BCUT2D eigenvalue weighted by Gasteiger charge is -1.98. The molecule has 1 atom stereocenters. The molecule has 0 aliphatic heterocycles. The lowest BCUT2D eigenvalue weighted by Crippen LogP contribution is -1.85. The molecule has 1 rings (SSSR count). The standard InChI is InChI=1S/C7H8O3S/c1-11(10)5-2-3-6(8)7(9)4-5/h2-4,8-9H,1H3. The van der Waals surface area contributed by atoms with E-state index in [1.54, 1.807) is 0 Å². The Balaban J connectivity index is 3.15. The zero-order valence-corrected chi connectivity index (χ0v) is 6.76. The number of aromatic hydroxyl groups is 2. The highest BCUT2D eigenvalue weighted by Crippen LogP contribution is 2.25. The molecule has 0 heterocycles. The van der Waals surface area contributed by atoms with Crippen molar-refractivity contribution in [1.29, 1.82) is 0 Å². The maximum absolute atomic E-state index is 10.8. The van der Waals surface area contributed by atoms with Gasteiger partial charge in [0.2, 0.25) is 0 Å². The Bertz CT molecular complexity index is 296. The molecule has 1 unspecified atom stereocenters. The Labute approximate surface area is 66.8 Å².